The van der Waals surface area contributed by atoms with E-state index >= 15 is 0 Å². The van der Waals surface area contributed by atoms with Crippen LogP contribution in [0.3, 0.4) is 0 Å². The van der Waals surface area contributed by atoms with Gasteiger partial charge in [-0.2, -0.15) is 0 Å². The van der Waals surface area contributed by atoms with E-state index in [4.69, 9.17) is 4.74 Å². The average molecular weight is 301 g/mol. The summed E-state index contributed by atoms with van der Waals surface area (Å²) < 4.78 is 5.57. The minimum absolute atomic E-state index is 0.124. The molecule has 22 heavy (non-hydrogen) atoms. The predicted octanol–water partition coefficient (Wildman–Crippen LogP) is 2.40. The molecule has 1 saturated heterocycles. The summed E-state index contributed by atoms with van der Waals surface area (Å²) >= 11 is 0. The van der Waals surface area contributed by atoms with Crippen LogP contribution in [0, 0.1) is 27.7 Å². The largest absolute Gasteiger partial charge is 0.380 e. The molecule has 0 bridgehead atoms. The van der Waals surface area contributed by atoms with Gasteiger partial charge in [0.2, 0.25) is 5.95 Å². The van der Waals surface area contributed by atoms with Crippen LogP contribution < -0.4 is 4.90 Å². The van der Waals surface area contributed by atoms with Gasteiger partial charge in [0.15, 0.2) is 0 Å². The second kappa shape index (κ2) is 5.68. The maximum Gasteiger partial charge on any atom is 0.226 e. The number of aromatic amines is 1. The number of hydrogen-bond acceptors (Lipinski definition) is 5. The van der Waals surface area contributed by atoms with Gasteiger partial charge in [-0.3, -0.25) is 0 Å². The molecular weight excluding hydrogens is 278 g/mol. The van der Waals surface area contributed by atoms with Crippen molar-refractivity contribution in [3.63, 3.8) is 0 Å². The zero-order chi connectivity index (χ0) is 15.9. The van der Waals surface area contributed by atoms with E-state index < -0.39 is 0 Å². The molecule has 0 radical (unpaired) electrons. The van der Waals surface area contributed by atoms with Crippen molar-refractivity contribution < 1.29 is 4.74 Å². The minimum atomic E-state index is 0.124. The number of methoxy groups -OCH3 is 1. The van der Waals surface area contributed by atoms with Gasteiger partial charge in [0.05, 0.1) is 17.8 Å². The van der Waals surface area contributed by atoms with Gasteiger partial charge < -0.3 is 14.6 Å². The van der Waals surface area contributed by atoms with Crippen LogP contribution in [0.4, 0.5) is 5.95 Å². The highest BCUT2D eigenvalue weighted by Gasteiger charge is 2.37. The van der Waals surface area contributed by atoms with E-state index in [1.54, 1.807) is 7.11 Å². The van der Waals surface area contributed by atoms with Crippen molar-refractivity contribution >= 4 is 5.95 Å². The molecule has 0 unspecified atom stereocenters. The van der Waals surface area contributed by atoms with Gasteiger partial charge in [-0.1, -0.05) is 0 Å². The lowest BCUT2D eigenvalue weighted by molar-refractivity contribution is 0.118. The van der Waals surface area contributed by atoms with E-state index in [0.29, 0.717) is 0 Å². The Morgan fingerprint density at radius 3 is 2.36 bits per heavy atom. The summed E-state index contributed by atoms with van der Waals surface area (Å²) in [5.74, 6) is 1.73. The van der Waals surface area contributed by atoms with Crippen molar-refractivity contribution in [1.82, 2.24) is 19.9 Å². The Bertz CT molecular complexity index is 641. The fraction of sp³-hybridized carbons (Fsp3) is 0.562. The SMILES string of the molecule is CO[C@@H]1C[C@@H](c2nc(C)c(C)[nH]2)N(c2nc(C)cc(C)n2)C1. The molecule has 2 aromatic heterocycles. The summed E-state index contributed by atoms with van der Waals surface area (Å²) in [6.45, 7) is 8.85. The van der Waals surface area contributed by atoms with Crippen LogP contribution in [0.2, 0.25) is 0 Å². The number of aryl methyl sites for hydroxylation is 4. The fourth-order valence-corrected chi connectivity index (χ4v) is 3.02. The standard InChI is InChI=1S/C16H23N5O/c1-9-6-10(2)18-16(17-9)21-8-13(22-5)7-14(21)15-19-11(3)12(4)20-15/h6,13-14H,7-8H2,1-5H3,(H,19,20)/t13-,14+/m1/s1. The number of H-pyrrole nitrogens is 1. The monoisotopic (exact) mass is 301 g/mol. The number of ether oxygens (including phenoxy) is 1. The molecule has 2 aromatic rings. The van der Waals surface area contributed by atoms with E-state index in [-0.39, 0.29) is 12.1 Å². The Morgan fingerprint density at radius 2 is 1.82 bits per heavy atom. The second-order valence-corrected chi connectivity index (χ2v) is 6.04. The number of hydrogen-bond donors (Lipinski definition) is 1. The predicted molar refractivity (Wildman–Crippen MR) is 85.1 cm³/mol. The zero-order valence-electron chi connectivity index (χ0n) is 13.8. The van der Waals surface area contributed by atoms with Crippen molar-refractivity contribution in [2.45, 2.75) is 46.3 Å². The molecule has 2 atom stereocenters. The Balaban J connectivity index is 1.99. The molecule has 118 valence electrons. The van der Waals surface area contributed by atoms with Crippen molar-refractivity contribution in [2.75, 3.05) is 18.6 Å². The average Bonchev–Trinajstić information content (AvgIpc) is 3.02. The van der Waals surface area contributed by atoms with E-state index in [9.17, 15) is 0 Å². The fourth-order valence-electron chi connectivity index (χ4n) is 3.02. The molecule has 0 saturated carbocycles. The van der Waals surface area contributed by atoms with Crippen molar-refractivity contribution in [2.24, 2.45) is 0 Å². The lowest BCUT2D eigenvalue weighted by Crippen LogP contribution is -2.27. The minimum Gasteiger partial charge on any atom is -0.380 e. The van der Waals surface area contributed by atoms with Crippen LogP contribution in [0.25, 0.3) is 0 Å². The smallest absolute Gasteiger partial charge is 0.226 e. The third kappa shape index (κ3) is 2.70. The Kier molecular flexibility index (Phi) is 3.87. The Morgan fingerprint density at radius 1 is 1.14 bits per heavy atom. The summed E-state index contributed by atoms with van der Waals surface area (Å²) in [7, 11) is 1.76. The lowest BCUT2D eigenvalue weighted by atomic mass is 10.2. The highest BCUT2D eigenvalue weighted by molar-refractivity contribution is 5.38. The topological polar surface area (TPSA) is 66.9 Å². The third-order valence-corrected chi connectivity index (χ3v) is 4.29. The molecule has 0 aliphatic carbocycles. The molecular formula is C16H23N5O. The summed E-state index contributed by atoms with van der Waals surface area (Å²) in [5.41, 5.74) is 4.11. The van der Waals surface area contributed by atoms with Gasteiger partial charge in [-0.25, -0.2) is 15.0 Å². The number of rotatable bonds is 3. The molecule has 6 nitrogen and oxygen atoms in total. The molecule has 1 aliphatic heterocycles. The number of anilines is 1. The Labute approximate surface area is 131 Å². The second-order valence-electron chi connectivity index (χ2n) is 6.04. The summed E-state index contributed by atoms with van der Waals surface area (Å²) in [4.78, 5) is 19.5. The number of nitrogens with one attached hydrogen (secondary N) is 1. The lowest BCUT2D eigenvalue weighted by Gasteiger charge is -2.23. The zero-order valence-corrected chi connectivity index (χ0v) is 13.8. The molecule has 3 heterocycles. The molecule has 1 fully saturated rings. The number of imidazole rings is 1. The van der Waals surface area contributed by atoms with Gasteiger partial charge in [-0.15, -0.1) is 0 Å². The van der Waals surface area contributed by atoms with Gasteiger partial charge >= 0.3 is 0 Å². The van der Waals surface area contributed by atoms with Crippen molar-refractivity contribution in [3.8, 4) is 0 Å². The molecule has 6 heteroatoms. The number of aromatic nitrogens is 4. The molecule has 3 rings (SSSR count). The van der Waals surface area contributed by atoms with E-state index in [0.717, 1.165) is 47.5 Å². The van der Waals surface area contributed by atoms with E-state index in [1.807, 2.05) is 33.8 Å². The summed E-state index contributed by atoms with van der Waals surface area (Å²) in [6, 6.07) is 2.11. The van der Waals surface area contributed by atoms with E-state index in [2.05, 4.69) is 24.8 Å². The highest BCUT2D eigenvalue weighted by atomic mass is 16.5. The van der Waals surface area contributed by atoms with Gasteiger partial charge in [0.1, 0.15) is 5.82 Å². The quantitative estimate of drug-likeness (QED) is 0.943. The van der Waals surface area contributed by atoms with Gasteiger partial charge in [-0.05, 0) is 33.8 Å². The van der Waals surface area contributed by atoms with Crippen LogP contribution in [-0.4, -0.2) is 39.7 Å². The summed E-state index contributed by atoms with van der Waals surface area (Å²) in [5, 5.41) is 0. The molecule has 1 N–H and O–H groups in total. The van der Waals surface area contributed by atoms with Gasteiger partial charge in [0, 0.05) is 37.2 Å². The van der Waals surface area contributed by atoms with Crippen molar-refractivity contribution in [3.05, 3.63) is 34.7 Å². The third-order valence-electron chi connectivity index (χ3n) is 4.29. The first-order chi connectivity index (χ1) is 10.5. The maximum atomic E-state index is 5.57. The van der Waals surface area contributed by atoms with Crippen LogP contribution in [0.1, 0.15) is 41.1 Å². The molecule has 0 amide bonds. The van der Waals surface area contributed by atoms with Crippen LogP contribution in [-0.2, 0) is 4.74 Å². The van der Waals surface area contributed by atoms with Crippen LogP contribution in [0.15, 0.2) is 6.07 Å². The van der Waals surface area contributed by atoms with Crippen LogP contribution >= 0.6 is 0 Å². The first kappa shape index (κ1) is 15.0. The summed E-state index contributed by atoms with van der Waals surface area (Å²) in [6.07, 6.45) is 1.05. The van der Waals surface area contributed by atoms with E-state index in [1.165, 1.54) is 0 Å². The van der Waals surface area contributed by atoms with Gasteiger partial charge in [0.25, 0.3) is 0 Å². The van der Waals surface area contributed by atoms with Crippen molar-refractivity contribution in [1.29, 1.82) is 0 Å². The Hall–Kier alpha value is -1.95. The molecule has 0 spiro atoms. The first-order valence-corrected chi connectivity index (χ1v) is 7.62. The normalized spacial score (nSPS) is 21.6. The highest BCUT2D eigenvalue weighted by Crippen LogP contribution is 2.34. The molecule has 0 aromatic carbocycles. The van der Waals surface area contributed by atoms with Crippen LogP contribution in [0.5, 0.6) is 0 Å². The first-order valence-electron chi connectivity index (χ1n) is 7.62. The maximum absolute atomic E-state index is 5.57. The number of nitrogens with zero attached hydrogens (tertiary/aromatic N) is 4. The molecule has 1 aliphatic rings.